The minimum absolute atomic E-state index is 0.176. The van der Waals surface area contributed by atoms with Crippen molar-refractivity contribution in [3.63, 3.8) is 0 Å². The molecule has 0 aliphatic carbocycles. The highest BCUT2D eigenvalue weighted by atomic mass is 32.2. The maximum absolute atomic E-state index is 13.0. The van der Waals surface area contributed by atoms with Crippen LogP contribution in [-0.2, 0) is 28.7 Å². The van der Waals surface area contributed by atoms with Crippen LogP contribution in [0, 0.1) is 0 Å². The van der Waals surface area contributed by atoms with Crippen LogP contribution in [0.2, 0.25) is 0 Å². The minimum Gasteiger partial charge on any atom is -0.477 e. The Morgan fingerprint density at radius 3 is 2.60 bits per heavy atom. The molecule has 2 aliphatic rings. The van der Waals surface area contributed by atoms with Crippen LogP contribution < -0.4 is 11.1 Å². The fourth-order valence-corrected chi connectivity index (χ4v) is 4.74. The maximum Gasteiger partial charge on any atom is 0.352 e. The van der Waals surface area contributed by atoms with E-state index < -0.39 is 40.9 Å². The van der Waals surface area contributed by atoms with E-state index in [2.05, 4.69) is 5.32 Å². The van der Waals surface area contributed by atoms with Crippen molar-refractivity contribution >= 4 is 35.5 Å². The molecule has 1 saturated heterocycles. The molecule has 1 aromatic carbocycles. The third-order valence-corrected chi connectivity index (χ3v) is 6.21. The zero-order valence-corrected chi connectivity index (χ0v) is 17.1. The van der Waals surface area contributed by atoms with Crippen molar-refractivity contribution in [2.75, 3.05) is 19.5 Å². The first-order valence-corrected chi connectivity index (χ1v) is 9.99. The molecule has 0 aromatic heterocycles. The van der Waals surface area contributed by atoms with Crippen molar-refractivity contribution in [1.82, 2.24) is 10.2 Å². The molecule has 2 amide bonds. The molecule has 1 aromatic rings. The number of rotatable bonds is 7. The maximum atomic E-state index is 13.0. The average Bonchev–Trinajstić information content (AvgIpc) is 2.74. The Labute approximate surface area is 176 Å². The summed E-state index contributed by atoms with van der Waals surface area (Å²) in [5.74, 6) is -3.11. The van der Waals surface area contributed by atoms with E-state index in [1.807, 2.05) is 0 Å². The van der Waals surface area contributed by atoms with E-state index in [9.17, 15) is 24.3 Å². The second-order valence-corrected chi connectivity index (χ2v) is 7.76. The van der Waals surface area contributed by atoms with Crippen LogP contribution in [-0.4, -0.2) is 64.3 Å². The zero-order chi connectivity index (χ0) is 22.1. The molecule has 0 radical (unpaired) electrons. The van der Waals surface area contributed by atoms with E-state index in [-0.39, 0.29) is 23.6 Å². The van der Waals surface area contributed by atoms with E-state index in [4.69, 9.17) is 15.2 Å². The van der Waals surface area contributed by atoms with E-state index in [1.54, 1.807) is 30.3 Å². The first kappa shape index (κ1) is 21.8. The number of thioether (sulfide) groups is 1. The van der Waals surface area contributed by atoms with Gasteiger partial charge in [-0.2, -0.15) is 0 Å². The van der Waals surface area contributed by atoms with Gasteiger partial charge in [-0.1, -0.05) is 30.3 Å². The van der Waals surface area contributed by atoms with Gasteiger partial charge in [-0.3, -0.25) is 19.3 Å². The van der Waals surface area contributed by atoms with Gasteiger partial charge in [-0.05, 0) is 5.56 Å². The number of aliphatic carboxylic acids is 1. The molecule has 2 aliphatic heterocycles. The molecular formula is C19H21N3O7S. The molecule has 160 valence electrons. The number of esters is 1. The van der Waals surface area contributed by atoms with E-state index in [1.165, 1.54) is 25.8 Å². The fraction of sp³-hybridized carbons (Fsp3) is 0.368. The Morgan fingerprint density at radius 1 is 1.37 bits per heavy atom. The van der Waals surface area contributed by atoms with Crippen LogP contribution in [0.4, 0.5) is 0 Å². The van der Waals surface area contributed by atoms with Crippen LogP contribution in [0.1, 0.15) is 18.5 Å². The summed E-state index contributed by atoms with van der Waals surface area (Å²) in [6.45, 7) is 0.960. The van der Waals surface area contributed by atoms with E-state index >= 15 is 0 Å². The number of nitrogens with zero attached hydrogens (tertiary/aromatic N) is 1. The summed E-state index contributed by atoms with van der Waals surface area (Å²) in [4.78, 5) is 49.6. The van der Waals surface area contributed by atoms with Gasteiger partial charge in [-0.15, -0.1) is 11.8 Å². The van der Waals surface area contributed by atoms with E-state index in [0.29, 0.717) is 5.56 Å². The van der Waals surface area contributed by atoms with Crippen molar-refractivity contribution in [1.29, 1.82) is 0 Å². The molecule has 1 unspecified atom stereocenters. The summed E-state index contributed by atoms with van der Waals surface area (Å²) >= 11 is 1.19. The number of benzene rings is 1. The molecule has 0 saturated carbocycles. The number of hydrogen-bond donors (Lipinski definition) is 3. The number of β-lactam (4-membered cyclic amide) rings is 1. The number of ether oxygens (including phenoxy) is 2. The van der Waals surface area contributed by atoms with Gasteiger partial charge in [0.2, 0.25) is 5.91 Å². The van der Waals surface area contributed by atoms with Gasteiger partial charge in [0.1, 0.15) is 23.7 Å². The van der Waals surface area contributed by atoms with Gasteiger partial charge >= 0.3 is 11.9 Å². The van der Waals surface area contributed by atoms with Gasteiger partial charge < -0.3 is 25.6 Å². The fourth-order valence-electron chi connectivity index (χ4n) is 3.32. The third kappa shape index (κ3) is 3.66. The third-order valence-electron chi connectivity index (χ3n) is 4.83. The summed E-state index contributed by atoms with van der Waals surface area (Å²) in [6, 6.07) is 7.57. The largest absolute Gasteiger partial charge is 0.477 e. The predicted octanol–water partition coefficient (Wildman–Crippen LogP) is -0.0378. The number of hydrogen-bond acceptors (Lipinski definition) is 8. The summed E-state index contributed by atoms with van der Waals surface area (Å²) < 4.78 is 10.3. The van der Waals surface area contributed by atoms with Crippen LogP contribution >= 0.6 is 11.8 Å². The second-order valence-electron chi connectivity index (χ2n) is 6.69. The molecule has 3 atom stereocenters. The van der Waals surface area contributed by atoms with Crippen LogP contribution in [0.5, 0.6) is 0 Å². The zero-order valence-electron chi connectivity index (χ0n) is 16.3. The Kier molecular flexibility index (Phi) is 6.15. The topological polar surface area (TPSA) is 148 Å². The molecule has 10 nitrogen and oxygen atoms in total. The lowest BCUT2D eigenvalue weighted by molar-refractivity contribution is -0.192. The van der Waals surface area contributed by atoms with Crippen molar-refractivity contribution in [3.05, 3.63) is 47.2 Å². The second kappa shape index (κ2) is 8.46. The highest BCUT2D eigenvalue weighted by Crippen LogP contribution is 2.46. The number of carbonyl (C=O) groups excluding carboxylic acids is 3. The Hall–Kier alpha value is -2.89. The van der Waals surface area contributed by atoms with Crippen molar-refractivity contribution in [2.45, 2.75) is 24.1 Å². The normalized spacial score (nSPS) is 23.9. The quantitative estimate of drug-likeness (QED) is 0.305. The Bertz CT molecular complexity index is 920. The van der Waals surface area contributed by atoms with Gasteiger partial charge in [0, 0.05) is 25.4 Å². The summed E-state index contributed by atoms with van der Waals surface area (Å²) in [6.07, 6.45) is 0. The molecule has 4 N–H and O–H groups in total. The summed E-state index contributed by atoms with van der Waals surface area (Å²) in [5, 5.41) is 11.4. The number of methoxy groups -OCH3 is 1. The molecule has 0 bridgehead atoms. The SMILES string of the molecule is CO[C@]1(NC(=O)C(N)c2ccccc2)C(=O)N2C(C(=O)O)=C(COC(C)=O)CS[C@@H]21. The van der Waals surface area contributed by atoms with Crippen molar-refractivity contribution < 1.29 is 33.8 Å². The van der Waals surface area contributed by atoms with E-state index in [0.717, 1.165) is 4.90 Å². The van der Waals surface area contributed by atoms with Gasteiger partial charge in [0.15, 0.2) is 0 Å². The predicted molar refractivity (Wildman–Crippen MR) is 106 cm³/mol. The lowest BCUT2D eigenvalue weighted by Crippen LogP contribution is -2.81. The molecule has 30 heavy (non-hydrogen) atoms. The smallest absolute Gasteiger partial charge is 0.352 e. The Balaban J connectivity index is 1.84. The molecular weight excluding hydrogens is 414 g/mol. The standard InChI is InChI=1S/C19H21N3O7S/c1-10(23)29-8-12-9-30-18-19(28-2,17(27)22(18)14(12)16(25)26)21-15(24)13(20)11-6-4-3-5-7-11/h3-7,13,18H,8-9,20H2,1-2H3,(H,21,24)(H,25,26)/t13?,18-,19-/m1/s1. The molecule has 1 fully saturated rings. The van der Waals surface area contributed by atoms with Crippen LogP contribution in [0.25, 0.3) is 0 Å². The number of nitrogens with two attached hydrogens (primary N) is 1. The summed E-state index contributed by atoms with van der Waals surface area (Å²) in [7, 11) is 1.25. The molecule has 0 spiro atoms. The van der Waals surface area contributed by atoms with Gasteiger partial charge in [0.25, 0.3) is 11.6 Å². The van der Waals surface area contributed by atoms with Crippen LogP contribution in [0.3, 0.4) is 0 Å². The van der Waals surface area contributed by atoms with Gasteiger partial charge in [-0.25, -0.2) is 4.79 Å². The molecule has 11 heteroatoms. The monoisotopic (exact) mass is 435 g/mol. The van der Waals surface area contributed by atoms with Crippen molar-refractivity contribution in [3.8, 4) is 0 Å². The first-order valence-electron chi connectivity index (χ1n) is 8.94. The van der Waals surface area contributed by atoms with Crippen molar-refractivity contribution in [2.24, 2.45) is 5.73 Å². The highest BCUT2D eigenvalue weighted by Gasteiger charge is 2.66. The minimum atomic E-state index is -1.75. The number of carboxylic acid groups (broad SMARTS) is 1. The summed E-state index contributed by atoms with van der Waals surface area (Å²) in [5.41, 5.74) is 4.81. The lowest BCUT2D eigenvalue weighted by Gasteiger charge is -2.55. The number of nitrogens with one attached hydrogen (secondary N) is 1. The molecule has 2 heterocycles. The lowest BCUT2D eigenvalue weighted by atomic mass is 9.97. The van der Waals surface area contributed by atoms with Gasteiger partial charge in [0.05, 0.1) is 0 Å². The van der Waals surface area contributed by atoms with Crippen LogP contribution in [0.15, 0.2) is 41.6 Å². The number of carboxylic acids is 1. The average molecular weight is 435 g/mol. The Morgan fingerprint density at radius 2 is 2.03 bits per heavy atom. The number of amides is 2. The number of carbonyl (C=O) groups is 4. The highest BCUT2D eigenvalue weighted by molar-refractivity contribution is 8.00. The molecule has 3 rings (SSSR count). The number of fused-ring (bicyclic) bond motifs is 1. The first-order chi connectivity index (χ1) is 14.2.